The lowest BCUT2D eigenvalue weighted by Gasteiger charge is -2.24. The minimum Gasteiger partial charge on any atom is -0.477 e. The van der Waals surface area contributed by atoms with E-state index in [1.54, 1.807) is 6.07 Å². The highest BCUT2D eigenvalue weighted by molar-refractivity contribution is 5.86. The van der Waals surface area contributed by atoms with Crippen molar-refractivity contribution in [1.82, 2.24) is 4.98 Å². The molecule has 0 saturated carbocycles. The predicted octanol–water partition coefficient (Wildman–Crippen LogP) is 0.953. The normalized spacial score (nSPS) is 16.7. The van der Waals surface area contributed by atoms with Crippen LogP contribution in [0.3, 0.4) is 0 Å². The first-order valence-electron chi connectivity index (χ1n) is 5.51. The zero-order valence-electron chi connectivity index (χ0n) is 9.35. The fourth-order valence-corrected chi connectivity index (χ4v) is 1.74. The SMILES string of the molecule is Nc1ccc(C(=O)O)nc1NC1CCOCC1. The molecule has 6 heteroatoms. The summed E-state index contributed by atoms with van der Waals surface area (Å²) in [5.41, 5.74) is 6.21. The third kappa shape index (κ3) is 2.85. The molecule has 0 aromatic carbocycles. The van der Waals surface area contributed by atoms with E-state index in [4.69, 9.17) is 15.6 Å². The molecule has 0 aliphatic carbocycles. The first kappa shape index (κ1) is 11.7. The van der Waals surface area contributed by atoms with Crippen molar-refractivity contribution in [3.05, 3.63) is 17.8 Å². The largest absolute Gasteiger partial charge is 0.477 e. The molecule has 0 spiro atoms. The standard InChI is InChI=1S/C11H15N3O3/c12-8-1-2-9(11(15)16)14-10(8)13-7-3-5-17-6-4-7/h1-2,7H,3-6,12H2,(H,13,14)(H,15,16). The minimum absolute atomic E-state index is 0.00578. The average molecular weight is 237 g/mol. The van der Waals surface area contributed by atoms with Crippen LogP contribution in [0.2, 0.25) is 0 Å². The van der Waals surface area contributed by atoms with Crippen molar-refractivity contribution in [2.24, 2.45) is 0 Å². The van der Waals surface area contributed by atoms with Crippen LogP contribution in [-0.2, 0) is 4.74 Å². The number of rotatable bonds is 3. The number of anilines is 2. The van der Waals surface area contributed by atoms with E-state index in [1.165, 1.54) is 6.07 Å². The van der Waals surface area contributed by atoms with Crippen LogP contribution in [0, 0.1) is 0 Å². The molecule has 0 amide bonds. The Kier molecular flexibility index (Phi) is 3.43. The van der Waals surface area contributed by atoms with Gasteiger partial charge in [-0.1, -0.05) is 0 Å². The molecule has 0 radical (unpaired) electrons. The van der Waals surface area contributed by atoms with E-state index >= 15 is 0 Å². The third-order valence-corrected chi connectivity index (χ3v) is 2.71. The zero-order valence-corrected chi connectivity index (χ0v) is 9.35. The van der Waals surface area contributed by atoms with E-state index in [9.17, 15) is 4.79 Å². The number of pyridine rings is 1. The first-order chi connectivity index (χ1) is 8.16. The minimum atomic E-state index is -1.06. The second-order valence-electron chi connectivity index (χ2n) is 3.97. The Bertz CT molecular complexity index is 416. The van der Waals surface area contributed by atoms with Gasteiger partial charge in [0.05, 0.1) is 5.69 Å². The fraction of sp³-hybridized carbons (Fsp3) is 0.455. The molecule has 6 nitrogen and oxygen atoms in total. The summed E-state index contributed by atoms with van der Waals surface area (Å²) in [5.74, 6) is -0.614. The number of hydrogen-bond donors (Lipinski definition) is 3. The maximum absolute atomic E-state index is 10.8. The van der Waals surface area contributed by atoms with E-state index in [1.807, 2.05) is 0 Å². The highest BCUT2D eigenvalue weighted by Gasteiger charge is 2.16. The molecular formula is C11H15N3O3. The molecule has 92 valence electrons. The van der Waals surface area contributed by atoms with Crippen molar-refractivity contribution < 1.29 is 14.6 Å². The molecule has 1 aliphatic rings. The lowest BCUT2D eigenvalue weighted by atomic mass is 10.1. The second-order valence-corrected chi connectivity index (χ2v) is 3.97. The molecule has 0 atom stereocenters. The molecule has 1 aliphatic heterocycles. The van der Waals surface area contributed by atoms with Crippen LogP contribution >= 0.6 is 0 Å². The van der Waals surface area contributed by atoms with Gasteiger partial charge in [-0.3, -0.25) is 0 Å². The van der Waals surface area contributed by atoms with Gasteiger partial charge in [-0.05, 0) is 25.0 Å². The number of hydrogen-bond acceptors (Lipinski definition) is 5. The number of carbonyl (C=O) groups is 1. The van der Waals surface area contributed by atoms with Gasteiger partial charge in [-0.25, -0.2) is 9.78 Å². The Morgan fingerprint density at radius 2 is 2.18 bits per heavy atom. The number of carboxylic acids is 1. The molecule has 2 heterocycles. The predicted molar refractivity (Wildman–Crippen MR) is 63.1 cm³/mol. The summed E-state index contributed by atoms with van der Waals surface area (Å²) in [7, 11) is 0. The van der Waals surface area contributed by atoms with Crippen molar-refractivity contribution in [2.45, 2.75) is 18.9 Å². The van der Waals surface area contributed by atoms with Crippen molar-refractivity contribution in [1.29, 1.82) is 0 Å². The van der Waals surface area contributed by atoms with Gasteiger partial charge in [0.25, 0.3) is 0 Å². The number of aromatic nitrogens is 1. The van der Waals surface area contributed by atoms with Gasteiger partial charge in [0.2, 0.25) is 0 Å². The van der Waals surface area contributed by atoms with Crippen LogP contribution in [0.15, 0.2) is 12.1 Å². The van der Waals surface area contributed by atoms with Gasteiger partial charge in [0, 0.05) is 19.3 Å². The van der Waals surface area contributed by atoms with Gasteiger partial charge in [-0.2, -0.15) is 0 Å². The summed E-state index contributed by atoms with van der Waals surface area (Å²) in [4.78, 5) is 14.8. The lowest BCUT2D eigenvalue weighted by molar-refractivity contribution is 0.0690. The summed E-state index contributed by atoms with van der Waals surface area (Å²) < 4.78 is 5.24. The fourth-order valence-electron chi connectivity index (χ4n) is 1.74. The molecular weight excluding hydrogens is 222 g/mol. The molecule has 1 aromatic rings. The smallest absolute Gasteiger partial charge is 0.354 e. The van der Waals surface area contributed by atoms with Gasteiger partial charge < -0.3 is 20.9 Å². The van der Waals surface area contributed by atoms with Gasteiger partial charge in [0.15, 0.2) is 5.69 Å². The highest BCUT2D eigenvalue weighted by atomic mass is 16.5. The van der Waals surface area contributed by atoms with E-state index in [0.29, 0.717) is 24.7 Å². The zero-order chi connectivity index (χ0) is 12.3. The summed E-state index contributed by atoms with van der Waals surface area (Å²) in [6, 6.07) is 3.19. The number of nitrogen functional groups attached to an aromatic ring is 1. The molecule has 1 saturated heterocycles. The van der Waals surface area contributed by atoms with Gasteiger partial charge in [-0.15, -0.1) is 0 Å². The van der Waals surface area contributed by atoms with Crippen molar-refractivity contribution in [3.63, 3.8) is 0 Å². The number of nitrogens with zero attached hydrogens (tertiary/aromatic N) is 1. The molecule has 1 aromatic heterocycles. The van der Waals surface area contributed by atoms with Gasteiger partial charge >= 0.3 is 5.97 Å². The summed E-state index contributed by atoms with van der Waals surface area (Å²) in [6.07, 6.45) is 1.75. The summed E-state index contributed by atoms with van der Waals surface area (Å²) >= 11 is 0. The quantitative estimate of drug-likeness (QED) is 0.724. The topological polar surface area (TPSA) is 97.5 Å². The Balaban J connectivity index is 2.13. The third-order valence-electron chi connectivity index (χ3n) is 2.71. The number of ether oxygens (including phenoxy) is 1. The molecule has 0 unspecified atom stereocenters. The molecule has 0 bridgehead atoms. The summed E-state index contributed by atoms with van der Waals surface area (Å²) in [6.45, 7) is 1.41. The van der Waals surface area contributed by atoms with E-state index in [2.05, 4.69) is 10.3 Å². The second kappa shape index (κ2) is 5.01. The summed E-state index contributed by atoms with van der Waals surface area (Å²) in [5, 5.41) is 12.0. The molecule has 1 fully saturated rings. The Morgan fingerprint density at radius 1 is 1.47 bits per heavy atom. The van der Waals surface area contributed by atoms with E-state index in [0.717, 1.165) is 12.8 Å². The highest BCUT2D eigenvalue weighted by Crippen LogP contribution is 2.19. The average Bonchev–Trinajstić information content (AvgIpc) is 2.33. The van der Waals surface area contributed by atoms with Crippen molar-refractivity contribution in [2.75, 3.05) is 24.3 Å². The monoisotopic (exact) mass is 237 g/mol. The van der Waals surface area contributed by atoms with Crippen molar-refractivity contribution in [3.8, 4) is 0 Å². The molecule has 2 rings (SSSR count). The number of nitrogens with one attached hydrogen (secondary N) is 1. The van der Waals surface area contributed by atoms with E-state index in [-0.39, 0.29) is 11.7 Å². The number of carboxylic acid groups (broad SMARTS) is 1. The van der Waals surface area contributed by atoms with Crippen LogP contribution in [0.5, 0.6) is 0 Å². The first-order valence-corrected chi connectivity index (χ1v) is 5.51. The number of aromatic carboxylic acids is 1. The molecule has 4 N–H and O–H groups in total. The van der Waals surface area contributed by atoms with E-state index < -0.39 is 5.97 Å². The Labute approximate surface area is 98.8 Å². The maximum Gasteiger partial charge on any atom is 0.354 e. The number of nitrogens with two attached hydrogens (primary N) is 1. The molecule has 17 heavy (non-hydrogen) atoms. The van der Waals surface area contributed by atoms with Gasteiger partial charge in [0.1, 0.15) is 5.82 Å². The van der Waals surface area contributed by atoms with Crippen LogP contribution in [0.25, 0.3) is 0 Å². The Morgan fingerprint density at radius 3 is 2.82 bits per heavy atom. The Hall–Kier alpha value is -1.82. The van der Waals surface area contributed by atoms with Crippen LogP contribution in [-0.4, -0.2) is 35.3 Å². The maximum atomic E-state index is 10.8. The van der Waals surface area contributed by atoms with Crippen LogP contribution in [0.4, 0.5) is 11.5 Å². The van der Waals surface area contributed by atoms with Crippen LogP contribution < -0.4 is 11.1 Å². The lowest BCUT2D eigenvalue weighted by Crippen LogP contribution is -2.28. The van der Waals surface area contributed by atoms with Crippen molar-refractivity contribution >= 4 is 17.5 Å². The van der Waals surface area contributed by atoms with Crippen LogP contribution in [0.1, 0.15) is 23.3 Å².